The van der Waals surface area contributed by atoms with Gasteiger partial charge in [-0.3, -0.25) is 9.78 Å². The molecule has 2 rings (SSSR count). The Labute approximate surface area is 112 Å². The summed E-state index contributed by atoms with van der Waals surface area (Å²) in [4.78, 5) is 16.5. The number of amides is 1. The number of aryl methyl sites for hydroxylation is 2. The zero-order chi connectivity index (χ0) is 13.8. The van der Waals surface area contributed by atoms with Crippen molar-refractivity contribution in [2.24, 2.45) is 0 Å². The molecule has 0 aliphatic rings. The van der Waals surface area contributed by atoms with E-state index in [1.165, 1.54) is 0 Å². The molecule has 2 aromatic heterocycles. The van der Waals surface area contributed by atoms with Gasteiger partial charge in [0.05, 0.1) is 17.4 Å². The van der Waals surface area contributed by atoms with Crippen molar-refractivity contribution in [3.8, 4) is 0 Å². The molecule has 100 valence electrons. The Morgan fingerprint density at radius 2 is 2.26 bits per heavy atom. The summed E-state index contributed by atoms with van der Waals surface area (Å²) in [6, 6.07) is 5.46. The predicted octanol–water partition coefficient (Wildman–Crippen LogP) is 2.43. The van der Waals surface area contributed by atoms with Crippen molar-refractivity contribution < 1.29 is 9.32 Å². The maximum Gasteiger partial charge on any atom is 0.257 e. The van der Waals surface area contributed by atoms with E-state index < -0.39 is 0 Å². The van der Waals surface area contributed by atoms with E-state index >= 15 is 0 Å². The zero-order valence-electron chi connectivity index (χ0n) is 11.3. The van der Waals surface area contributed by atoms with Crippen molar-refractivity contribution in [3.63, 3.8) is 0 Å². The first kappa shape index (κ1) is 13.3. The lowest BCUT2D eigenvalue weighted by atomic mass is 10.1. The molecule has 0 radical (unpaired) electrons. The van der Waals surface area contributed by atoms with Gasteiger partial charge in [0.2, 0.25) is 0 Å². The van der Waals surface area contributed by atoms with E-state index in [2.05, 4.69) is 15.5 Å². The number of carbonyl (C=O) groups is 1. The molecule has 2 aromatic rings. The molecule has 1 amide bonds. The van der Waals surface area contributed by atoms with E-state index in [4.69, 9.17) is 4.52 Å². The highest BCUT2D eigenvalue weighted by Gasteiger charge is 2.21. The highest BCUT2D eigenvalue weighted by atomic mass is 16.5. The molecule has 0 fully saturated rings. The number of aromatic nitrogens is 2. The van der Waals surface area contributed by atoms with Crippen LogP contribution in [-0.4, -0.2) is 16.0 Å². The third-order valence-corrected chi connectivity index (χ3v) is 2.97. The Hall–Kier alpha value is -2.17. The fraction of sp³-hybridized carbons (Fsp3) is 0.357. The SMILES string of the molecule is CCc1noc(C)c1C(=O)NC(C)c1ccccn1. The van der Waals surface area contributed by atoms with Crippen LogP contribution in [0.5, 0.6) is 0 Å². The molecule has 0 aromatic carbocycles. The van der Waals surface area contributed by atoms with Gasteiger partial charge in [-0.15, -0.1) is 0 Å². The molecule has 1 N–H and O–H groups in total. The van der Waals surface area contributed by atoms with Crippen LogP contribution in [0.1, 0.15) is 47.4 Å². The van der Waals surface area contributed by atoms with Crippen molar-refractivity contribution in [2.75, 3.05) is 0 Å². The van der Waals surface area contributed by atoms with Gasteiger partial charge in [0.1, 0.15) is 11.3 Å². The van der Waals surface area contributed by atoms with Crippen LogP contribution >= 0.6 is 0 Å². The molecule has 5 nitrogen and oxygen atoms in total. The van der Waals surface area contributed by atoms with Crippen molar-refractivity contribution in [2.45, 2.75) is 33.2 Å². The Bertz CT molecular complexity index is 563. The second-order valence-corrected chi connectivity index (χ2v) is 4.36. The van der Waals surface area contributed by atoms with E-state index in [-0.39, 0.29) is 11.9 Å². The Morgan fingerprint density at radius 3 is 2.89 bits per heavy atom. The number of hydrogen-bond acceptors (Lipinski definition) is 4. The van der Waals surface area contributed by atoms with Crippen LogP contribution in [-0.2, 0) is 6.42 Å². The number of nitrogens with one attached hydrogen (secondary N) is 1. The smallest absolute Gasteiger partial charge is 0.257 e. The van der Waals surface area contributed by atoms with Crippen molar-refractivity contribution in [3.05, 3.63) is 47.1 Å². The number of rotatable bonds is 4. The summed E-state index contributed by atoms with van der Waals surface area (Å²) >= 11 is 0. The summed E-state index contributed by atoms with van der Waals surface area (Å²) in [5, 5.41) is 6.80. The molecule has 0 aliphatic carbocycles. The Balaban J connectivity index is 2.15. The molecular weight excluding hydrogens is 242 g/mol. The van der Waals surface area contributed by atoms with E-state index in [9.17, 15) is 4.79 Å². The lowest BCUT2D eigenvalue weighted by Crippen LogP contribution is -2.28. The monoisotopic (exact) mass is 259 g/mol. The number of pyridine rings is 1. The average Bonchev–Trinajstić information content (AvgIpc) is 2.80. The molecule has 2 heterocycles. The minimum atomic E-state index is -0.172. The van der Waals surface area contributed by atoms with E-state index in [0.29, 0.717) is 23.4 Å². The molecule has 0 spiro atoms. The Morgan fingerprint density at radius 1 is 1.47 bits per heavy atom. The van der Waals surface area contributed by atoms with Crippen LogP contribution in [0.2, 0.25) is 0 Å². The van der Waals surface area contributed by atoms with Gasteiger partial charge in [0.15, 0.2) is 0 Å². The van der Waals surface area contributed by atoms with Gasteiger partial charge in [-0.25, -0.2) is 0 Å². The highest BCUT2D eigenvalue weighted by Crippen LogP contribution is 2.16. The van der Waals surface area contributed by atoms with Crippen molar-refractivity contribution >= 4 is 5.91 Å². The fourth-order valence-electron chi connectivity index (χ4n) is 1.93. The van der Waals surface area contributed by atoms with Crippen LogP contribution < -0.4 is 5.32 Å². The average molecular weight is 259 g/mol. The molecule has 1 unspecified atom stereocenters. The van der Waals surface area contributed by atoms with Crippen molar-refractivity contribution in [1.82, 2.24) is 15.5 Å². The minimum Gasteiger partial charge on any atom is -0.361 e. The largest absolute Gasteiger partial charge is 0.361 e. The van der Waals surface area contributed by atoms with Gasteiger partial charge in [-0.2, -0.15) is 0 Å². The summed E-state index contributed by atoms with van der Waals surface area (Å²) in [6.07, 6.45) is 2.37. The van der Waals surface area contributed by atoms with Crippen LogP contribution in [0, 0.1) is 6.92 Å². The first-order chi connectivity index (χ1) is 9.13. The Kier molecular flexibility index (Phi) is 3.94. The molecule has 0 saturated carbocycles. The first-order valence-corrected chi connectivity index (χ1v) is 6.30. The molecule has 19 heavy (non-hydrogen) atoms. The molecule has 0 saturated heterocycles. The summed E-state index contributed by atoms with van der Waals surface area (Å²) in [6.45, 7) is 5.58. The molecule has 0 aliphatic heterocycles. The summed E-state index contributed by atoms with van der Waals surface area (Å²) in [7, 11) is 0. The van der Waals surface area contributed by atoms with E-state index in [1.807, 2.05) is 32.0 Å². The van der Waals surface area contributed by atoms with Gasteiger partial charge in [0.25, 0.3) is 5.91 Å². The quantitative estimate of drug-likeness (QED) is 0.915. The van der Waals surface area contributed by atoms with Crippen LogP contribution in [0.4, 0.5) is 0 Å². The molecule has 0 bridgehead atoms. The number of hydrogen-bond donors (Lipinski definition) is 1. The topological polar surface area (TPSA) is 68.0 Å². The van der Waals surface area contributed by atoms with Gasteiger partial charge in [-0.1, -0.05) is 18.1 Å². The maximum absolute atomic E-state index is 12.3. The number of nitrogens with zero attached hydrogens (tertiary/aromatic N) is 2. The maximum atomic E-state index is 12.3. The van der Waals surface area contributed by atoms with Crippen LogP contribution in [0.3, 0.4) is 0 Å². The normalized spacial score (nSPS) is 12.2. The summed E-state index contributed by atoms with van der Waals surface area (Å²) in [5.74, 6) is 0.372. The predicted molar refractivity (Wildman–Crippen MR) is 70.7 cm³/mol. The molecule has 5 heteroatoms. The van der Waals surface area contributed by atoms with Gasteiger partial charge in [0, 0.05) is 6.20 Å². The lowest BCUT2D eigenvalue weighted by Gasteiger charge is -2.13. The van der Waals surface area contributed by atoms with E-state index in [1.54, 1.807) is 13.1 Å². The second kappa shape index (κ2) is 5.65. The number of carbonyl (C=O) groups excluding carboxylic acids is 1. The minimum absolute atomic E-state index is 0.160. The summed E-state index contributed by atoms with van der Waals surface area (Å²) in [5.41, 5.74) is 2.04. The van der Waals surface area contributed by atoms with Gasteiger partial charge >= 0.3 is 0 Å². The first-order valence-electron chi connectivity index (χ1n) is 6.30. The van der Waals surface area contributed by atoms with Crippen LogP contribution in [0.15, 0.2) is 28.9 Å². The van der Waals surface area contributed by atoms with Crippen LogP contribution in [0.25, 0.3) is 0 Å². The second-order valence-electron chi connectivity index (χ2n) is 4.36. The lowest BCUT2D eigenvalue weighted by molar-refractivity contribution is 0.0937. The fourth-order valence-corrected chi connectivity index (χ4v) is 1.93. The molecular formula is C14H17N3O2. The zero-order valence-corrected chi connectivity index (χ0v) is 11.3. The summed E-state index contributed by atoms with van der Waals surface area (Å²) < 4.78 is 5.07. The highest BCUT2D eigenvalue weighted by molar-refractivity contribution is 5.96. The van der Waals surface area contributed by atoms with Gasteiger partial charge < -0.3 is 9.84 Å². The standard InChI is InChI=1S/C14H17N3O2/c1-4-11-13(10(3)19-17-11)14(18)16-9(2)12-7-5-6-8-15-12/h5-9H,4H2,1-3H3,(H,16,18). The van der Waals surface area contributed by atoms with E-state index in [0.717, 1.165) is 5.69 Å². The van der Waals surface area contributed by atoms with Gasteiger partial charge in [-0.05, 0) is 32.4 Å². The third-order valence-electron chi connectivity index (χ3n) is 2.97. The third kappa shape index (κ3) is 2.81. The molecule has 1 atom stereocenters. The van der Waals surface area contributed by atoms with Crippen molar-refractivity contribution in [1.29, 1.82) is 0 Å².